The van der Waals surface area contributed by atoms with E-state index in [4.69, 9.17) is 0 Å². The molecule has 20 heavy (non-hydrogen) atoms. The normalized spacial score (nSPS) is 12.2. The first-order valence-corrected chi connectivity index (χ1v) is 7.69. The molecule has 2 aromatic rings. The molecular weight excluding hydrogens is 242 g/mol. The monoisotopic (exact) mass is 267 g/mol. The van der Waals surface area contributed by atoms with Crippen molar-refractivity contribution in [3.63, 3.8) is 0 Å². The van der Waals surface area contributed by atoms with Crippen LogP contribution in [0, 0.1) is 0 Å². The fourth-order valence-corrected chi connectivity index (χ4v) is 2.63. The number of nitrogens with one attached hydrogen (secondary N) is 1. The predicted molar refractivity (Wildman–Crippen MR) is 87.1 cm³/mol. The van der Waals surface area contributed by atoms with Crippen molar-refractivity contribution >= 4 is 0 Å². The molecular formula is C19H25N. The lowest BCUT2D eigenvalue weighted by Crippen LogP contribution is -2.21. The lowest BCUT2D eigenvalue weighted by Gasteiger charge is -2.17. The van der Waals surface area contributed by atoms with Gasteiger partial charge in [0.1, 0.15) is 0 Å². The van der Waals surface area contributed by atoms with Crippen LogP contribution in [-0.2, 0) is 6.42 Å². The molecule has 0 bridgehead atoms. The zero-order chi connectivity index (χ0) is 14.0. The van der Waals surface area contributed by atoms with Crippen molar-refractivity contribution in [3.05, 3.63) is 71.8 Å². The summed E-state index contributed by atoms with van der Waals surface area (Å²) in [6.07, 6.45) is 3.66. The molecule has 2 rings (SSSR count). The summed E-state index contributed by atoms with van der Waals surface area (Å²) in [4.78, 5) is 0. The summed E-state index contributed by atoms with van der Waals surface area (Å²) in [5.41, 5.74) is 2.91. The number of aryl methyl sites for hydroxylation is 1. The molecule has 2 aromatic carbocycles. The summed E-state index contributed by atoms with van der Waals surface area (Å²) in [7, 11) is 0. The van der Waals surface area contributed by atoms with Crippen molar-refractivity contribution in [2.75, 3.05) is 13.1 Å². The minimum absolute atomic E-state index is 0.625. The van der Waals surface area contributed by atoms with E-state index in [1.165, 1.54) is 30.4 Å². The van der Waals surface area contributed by atoms with Gasteiger partial charge in [0.05, 0.1) is 0 Å². The topological polar surface area (TPSA) is 12.0 Å². The highest BCUT2D eigenvalue weighted by atomic mass is 14.8. The van der Waals surface area contributed by atoms with Crippen molar-refractivity contribution in [2.45, 2.75) is 32.1 Å². The second-order valence-corrected chi connectivity index (χ2v) is 5.29. The van der Waals surface area contributed by atoms with Crippen molar-refractivity contribution in [3.8, 4) is 0 Å². The Labute approximate surface area is 123 Å². The molecule has 1 N–H and O–H groups in total. The van der Waals surface area contributed by atoms with Gasteiger partial charge in [-0.2, -0.15) is 0 Å². The molecule has 0 saturated carbocycles. The van der Waals surface area contributed by atoms with E-state index in [0.29, 0.717) is 5.92 Å². The molecule has 0 fully saturated rings. The van der Waals surface area contributed by atoms with Crippen LogP contribution in [0.3, 0.4) is 0 Å². The third kappa shape index (κ3) is 4.82. The summed E-state index contributed by atoms with van der Waals surface area (Å²) in [6.45, 7) is 4.29. The van der Waals surface area contributed by atoms with Crippen LogP contribution in [0.2, 0.25) is 0 Å². The second kappa shape index (κ2) is 8.55. The smallest absolute Gasteiger partial charge is 0.00200 e. The Hall–Kier alpha value is -1.60. The van der Waals surface area contributed by atoms with Gasteiger partial charge in [-0.05, 0) is 42.9 Å². The largest absolute Gasteiger partial charge is 0.316 e. The van der Waals surface area contributed by atoms with E-state index in [2.05, 4.69) is 72.9 Å². The van der Waals surface area contributed by atoms with Crippen LogP contribution in [0.25, 0.3) is 0 Å². The van der Waals surface area contributed by atoms with Gasteiger partial charge >= 0.3 is 0 Å². The van der Waals surface area contributed by atoms with E-state index in [9.17, 15) is 0 Å². The molecule has 1 unspecified atom stereocenters. The maximum atomic E-state index is 3.50. The maximum absolute atomic E-state index is 3.50. The van der Waals surface area contributed by atoms with Crippen molar-refractivity contribution < 1.29 is 0 Å². The summed E-state index contributed by atoms with van der Waals surface area (Å²) >= 11 is 0. The molecule has 1 heteroatoms. The molecule has 106 valence electrons. The van der Waals surface area contributed by atoms with Gasteiger partial charge in [0.25, 0.3) is 0 Å². The van der Waals surface area contributed by atoms with Gasteiger partial charge < -0.3 is 5.32 Å². The zero-order valence-electron chi connectivity index (χ0n) is 12.4. The highest BCUT2D eigenvalue weighted by Gasteiger charge is 2.10. The number of benzene rings is 2. The minimum atomic E-state index is 0.625. The van der Waals surface area contributed by atoms with Gasteiger partial charge in [-0.25, -0.2) is 0 Å². The minimum Gasteiger partial charge on any atom is -0.316 e. The van der Waals surface area contributed by atoms with E-state index < -0.39 is 0 Å². The standard InChI is InChI=1S/C19H25N/c1-2-20-16-19(18-13-7-4-8-14-18)15-9-12-17-10-5-3-6-11-17/h3-8,10-11,13-14,19-20H,2,9,12,15-16H2,1H3. The van der Waals surface area contributed by atoms with Crippen molar-refractivity contribution in [1.82, 2.24) is 5.32 Å². The average molecular weight is 267 g/mol. The van der Waals surface area contributed by atoms with Crippen LogP contribution >= 0.6 is 0 Å². The van der Waals surface area contributed by atoms with Gasteiger partial charge in [0.2, 0.25) is 0 Å². The average Bonchev–Trinajstić information content (AvgIpc) is 2.52. The summed E-state index contributed by atoms with van der Waals surface area (Å²) in [5.74, 6) is 0.625. The Morgan fingerprint density at radius 2 is 1.55 bits per heavy atom. The molecule has 0 aliphatic rings. The number of likely N-dealkylation sites (N-methyl/N-ethyl adjacent to an activating group) is 1. The molecule has 1 atom stereocenters. The second-order valence-electron chi connectivity index (χ2n) is 5.29. The number of hydrogen-bond donors (Lipinski definition) is 1. The van der Waals surface area contributed by atoms with E-state index in [-0.39, 0.29) is 0 Å². The quantitative estimate of drug-likeness (QED) is 0.747. The summed E-state index contributed by atoms with van der Waals surface area (Å²) in [5, 5.41) is 3.50. The highest BCUT2D eigenvalue weighted by molar-refractivity contribution is 5.20. The maximum Gasteiger partial charge on any atom is 0.00200 e. The van der Waals surface area contributed by atoms with Crippen LogP contribution in [0.1, 0.15) is 36.8 Å². The summed E-state index contributed by atoms with van der Waals surface area (Å²) < 4.78 is 0. The Kier molecular flexibility index (Phi) is 6.33. The first-order valence-electron chi connectivity index (χ1n) is 7.69. The SMILES string of the molecule is CCNCC(CCCc1ccccc1)c1ccccc1. The number of rotatable bonds is 8. The van der Waals surface area contributed by atoms with Crippen LogP contribution in [-0.4, -0.2) is 13.1 Å². The van der Waals surface area contributed by atoms with E-state index in [1.807, 2.05) is 0 Å². The molecule has 0 amide bonds. The van der Waals surface area contributed by atoms with Gasteiger partial charge in [-0.15, -0.1) is 0 Å². The molecule has 0 aliphatic heterocycles. The fourth-order valence-electron chi connectivity index (χ4n) is 2.63. The highest BCUT2D eigenvalue weighted by Crippen LogP contribution is 2.21. The Balaban J connectivity index is 1.88. The molecule has 0 aliphatic carbocycles. The first kappa shape index (κ1) is 14.8. The molecule has 0 saturated heterocycles. The molecule has 0 spiro atoms. The van der Waals surface area contributed by atoms with Crippen molar-refractivity contribution in [1.29, 1.82) is 0 Å². The van der Waals surface area contributed by atoms with E-state index >= 15 is 0 Å². The molecule has 0 radical (unpaired) electrons. The van der Waals surface area contributed by atoms with Crippen LogP contribution in [0.5, 0.6) is 0 Å². The van der Waals surface area contributed by atoms with Gasteiger partial charge in [-0.3, -0.25) is 0 Å². The number of hydrogen-bond acceptors (Lipinski definition) is 1. The Morgan fingerprint density at radius 1 is 0.900 bits per heavy atom. The van der Waals surface area contributed by atoms with Crippen molar-refractivity contribution in [2.24, 2.45) is 0 Å². The zero-order valence-corrected chi connectivity index (χ0v) is 12.4. The van der Waals surface area contributed by atoms with Crippen LogP contribution < -0.4 is 5.32 Å². The third-order valence-corrected chi connectivity index (χ3v) is 3.77. The van der Waals surface area contributed by atoms with E-state index in [1.54, 1.807) is 0 Å². The van der Waals surface area contributed by atoms with Crippen LogP contribution in [0.15, 0.2) is 60.7 Å². The van der Waals surface area contributed by atoms with Gasteiger partial charge in [0.15, 0.2) is 0 Å². The van der Waals surface area contributed by atoms with Gasteiger partial charge in [0, 0.05) is 6.54 Å². The molecule has 1 nitrogen and oxygen atoms in total. The lowest BCUT2D eigenvalue weighted by molar-refractivity contribution is 0.542. The van der Waals surface area contributed by atoms with Gasteiger partial charge in [-0.1, -0.05) is 67.6 Å². The fraction of sp³-hybridized carbons (Fsp3) is 0.368. The third-order valence-electron chi connectivity index (χ3n) is 3.77. The first-order chi connectivity index (χ1) is 9.90. The molecule has 0 heterocycles. The summed E-state index contributed by atoms with van der Waals surface area (Å²) in [6, 6.07) is 21.7. The molecule has 0 aromatic heterocycles. The Morgan fingerprint density at radius 3 is 2.20 bits per heavy atom. The lowest BCUT2D eigenvalue weighted by atomic mass is 9.92. The van der Waals surface area contributed by atoms with E-state index in [0.717, 1.165) is 13.1 Å². The Bertz CT molecular complexity index is 464. The predicted octanol–water partition coefficient (Wildman–Crippen LogP) is 4.40. The van der Waals surface area contributed by atoms with Crippen LogP contribution in [0.4, 0.5) is 0 Å².